The van der Waals surface area contributed by atoms with Gasteiger partial charge in [-0.1, -0.05) is 17.9 Å². The molecule has 72 valence electrons. The van der Waals surface area contributed by atoms with Crippen LogP contribution < -0.4 is 51.4 Å². The summed E-state index contributed by atoms with van der Waals surface area (Å²) in [5.41, 5.74) is 0.381. The van der Waals surface area contributed by atoms with Crippen molar-refractivity contribution in [3.05, 3.63) is 29.0 Å². The number of hydrogen-bond donors (Lipinski definition) is 0. The molecule has 0 N–H and O–H groups in total. The second-order valence-corrected chi connectivity index (χ2v) is 3.15. The van der Waals surface area contributed by atoms with Crippen molar-refractivity contribution in [2.24, 2.45) is 0 Å². The van der Waals surface area contributed by atoms with Gasteiger partial charge in [0.25, 0.3) is 0 Å². The molecule has 0 aromatic carbocycles. The van der Waals surface area contributed by atoms with Crippen molar-refractivity contribution in [1.29, 1.82) is 0 Å². The van der Waals surface area contributed by atoms with E-state index < -0.39 is 13.3 Å². The van der Waals surface area contributed by atoms with Crippen LogP contribution in [0.2, 0.25) is 11.3 Å². The zero-order chi connectivity index (χ0) is 9.90. The van der Waals surface area contributed by atoms with Crippen molar-refractivity contribution in [3.63, 3.8) is 0 Å². The van der Waals surface area contributed by atoms with Gasteiger partial charge in [0.2, 0.25) is 0 Å². The fraction of sp³-hybridized carbons (Fsp3) is 0.286. The van der Waals surface area contributed by atoms with Crippen LogP contribution in [0.5, 0.6) is 0 Å². The molecule has 1 rings (SSSR count). The summed E-state index contributed by atoms with van der Waals surface area (Å²) >= 11 is 5.58. The van der Waals surface area contributed by atoms with Crippen LogP contribution >= 0.6 is 11.6 Å². The van der Waals surface area contributed by atoms with Crippen molar-refractivity contribution in [2.75, 3.05) is 0 Å². The normalized spacial score (nSPS) is 10.9. The van der Waals surface area contributed by atoms with E-state index in [0.29, 0.717) is 10.7 Å². The van der Waals surface area contributed by atoms with Crippen LogP contribution in [-0.2, 0) is 6.42 Å². The monoisotopic (exact) mass is 247 g/mol. The predicted octanol–water partition coefficient (Wildman–Crippen LogP) is 0.129. The number of aryl methyl sites for hydroxylation is 1. The third-order valence-electron chi connectivity index (χ3n) is 1.51. The van der Waals surface area contributed by atoms with Crippen molar-refractivity contribution in [3.8, 4) is 0 Å². The quantitative estimate of drug-likeness (QED) is 0.692. The van der Waals surface area contributed by atoms with E-state index in [1.165, 1.54) is 18.3 Å². The number of hydrogen-bond acceptors (Lipinski definition) is 1. The Morgan fingerprint density at radius 3 is 2.50 bits per heavy atom. The van der Waals surface area contributed by atoms with Crippen LogP contribution in [0.15, 0.2) is 18.3 Å². The zero-order valence-electron chi connectivity index (χ0n) is 7.68. The molecule has 0 radical (unpaired) electrons. The van der Waals surface area contributed by atoms with Crippen LogP contribution in [0.4, 0.5) is 12.9 Å². The van der Waals surface area contributed by atoms with Crippen LogP contribution in [0.3, 0.4) is 0 Å². The SMILES string of the molecule is F[B-](F)(F)CCc1cc(Cl)ccn1.[K+]. The molecule has 1 aromatic heterocycles. The number of halogens is 4. The van der Waals surface area contributed by atoms with Gasteiger partial charge in [0, 0.05) is 16.9 Å². The van der Waals surface area contributed by atoms with Crippen LogP contribution in [0, 0.1) is 0 Å². The van der Waals surface area contributed by atoms with E-state index in [-0.39, 0.29) is 57.8 Å². The van der Waals surface area contributed by atoms with Gasteiger partial charge in [-0.05, 0) is 18.6 Å². The molecule has 0 atom stereocenters. The van der Waals surface area contributed by atoms with Gasteiger partial charge in [0.05, 0.1) is 0 Å². The van der Waals surface area contributed by atoms with Gasteiger partial charge in [-0.3, -0.25) is 4.98 Å². The van der Waals surface area contributed by atoms with E-state index in [1.807, 2.05) is 0 Å². The summed E-state index contributed by atoms with van der Waals surface area (Å²) in [6.45, 7) is -4.72. The molecule has 14 heavy (non-hydrogen) atoms. The van der Waals surface area contributed by atoms with E-state index in [2.05, 4.69) is 4.98 Å². The maximum Gasteiger partial charge on any atom is 1.00 e. The van der Waals surface area contributed by atoms with Gasteiger partial charge in [0.15, 0.2) is 0 Å². The van der Waals surface area contributed by atoms with Gasteiger partial charge in [-0.25, -0.2) is 0 Å². The van der Waals surface area contributed by atoms with Crippen LogP contribution in [0.1, 0.15) is 5.69 Å². The Balaban J connectivity index is 0.00000169. The van der Waals surface area contributed by atoms with E-state index in [9.17, 15) is 12.9 Å². The van der Waals surface area contributed by atoms with Crippen LogP contribution in [-0.4, -0.2) is 12.0 Å². The smallest absolute Gasteiger partial charge is 0.449 e. The Morgan fingerprint density at radius 2 is 2.00 bits per heavy atom. The molecular weight excluding hydrogens is 240 g/mol. The topological polar surface area (TPSA) is 12.9 Å². The first-order chi connectivity index (χ1) is 5.97. The molecule has 0 aliphatic carbocycles. The van der Waals surface area contributed by atoms with Gasteiger partial charge >= 0.3 is 58.4 Å². The first-order valence-electron chi connectivity index (χ1n) is 3.79. The molecule has 0 saturated carbocycles. The Morgan fingerprint density at radius 1 is 1.36 bits per heavy atom. The summed E-state index contributed by atoms with van der Waals surface area (Å²) in [6.07, 6.45) is 0.512. The summed E-state index contributed by atoms with van der Waals surface area (Å²) in [7, 11) is 0. The molecule has 7 heteroatoms. The van der Waals surface area contributed by atoms with Crippen molar-refractivity contribution < 1.29 is 64.3 Å². The van der Waals surface area contributed by atoms with E-state index >= 15 is 0 Å². The molecule has 0 fully saturated rings. The number of nitrogens with zero attached hydrogens (tertiary/aromatic N) is 1. The zero-order valence-corrected chi connectivity index (χ0v) is 11.6. The largest absolute Gasteiger partial charge is 1.00 e. The predicted molar refractivity (Wildman–Crippen MR) is 46.8 cm³/mol. The molecular formula is C7H7BClF3KN. The summed E-state index contributed by atoms with van der Waals surface area (Å²) in [5.74, 6) is 0. The molecule has 0 aliphatic heterocycles. The Hall–Kier alpha value is 0.931. The van der Waals surface area contributed by atoms with Crippen LogP contribution in [0.25, 0.3) is 0 Å². The van der Waals surface area contributed by atoms with E-state index in [0.717, 1.165) is 0 Å². The van der Waals surface area contributed by atoms with Crippen molar-refractivity contribution in [1.82, 2.24) is 4.98 Å². The van der Waals surface area contributed by atoms with E-state index in [1.54, 1.807) is 0 Å². The molecule has 0 saturated heterocycles. The second-order valence-electron chi connectivity index (χ2n) is 2.71. The standard InChI is InChI=1S/C7H7BClF3N.K/c9-6-2-4-13-7(5-6)1-3-8(10,11)12;/h2,4-5H,1,3H2;/q-1;+1. The number of aromatic nitrogens is 1. The first-order valence-corrected chi connectivity index (χ1v) is 4.16. The summed E-state index contributed by atoms with van der Waals surface area (Å²) < 4.78 is 35.5. The third kappa shape index (κ3) is 6.42. The molecule has 1 nitrogen and oxygen atoms in total. The summed E-state index contributed by atoms with van der Waals surface area (Å²) in [6, 6.07) is 2.98. The molecule has 1 heterocycles. The number of rotatable bonds is 3. The minimum Gasteiger partial charge on any atom is -0.449 e. The fourth-order valence-electron chi connectivity index (χ4n) is 0.897. The van der Waals surface area contributed by atoms with Crippen molar-refractivity contribution in [2.45, 2.75) is 12.7 Å². The Bertz CT molecular complexity index is 295. The van der Waals surface area contributed by atoms with E-state index in [4.69, 9.17) is 11.6 Å². The first kappa shape index (κ1) is 14.9. The summed E-state index contributed by atoms with van der Waals surface area (Å²) in [5, 5.41) is 0.416. The minimum absolute atomic E-state index is 0. The third-order valence-corrected chi connectivity index (χ3v) is 1.74. The maximum atomic E-state index is 11.8. The Kier molecular flexibility index (Phi) is 6.93. The number of pyridine rings is 1. The minimum atomic E-state index is -4.72. The van der Waals surface area contributed by atoms with Gasteiger partial charge in [0.1, 0.15) is 0 Å². The molecule has 0 unspecified atom stereocenters. The molecule has 1 aromatic rings. The molecule has 0 aliphatic rings. The molecule has 0 amide bonds. The van der Waals surface area contributed by atoms with Gasteiger partial charge < -0.3 is 12.9 Å². The Labute approximate surface area is 128 Å². The molecule has 0 bridgehead atoms. The fourth-order valence-corrected chi connectivity index (χ4v) is 1.08. The second kappa shape index (κ2) is 6.50. The summed E-state index contributed by atoms with van der Waals surface area (Å²) in [4.78, 5) is 3.77. The average Bonchev–Trinajstić information content (AvgIpc) is 2.00. The average molecular weight is 247 g/mol. The molecule has 0 spiro atoms. The maximum absolute atomic E-state index is 11.8. The van der Waals surface area contributed by atoms with Gasteiger partial charge in [-0.2, -0.15) is 0 Å². The van der Waals surface area contributed by atoms with Crippen molar-refractivity contribution >= 4 is 18.6 Å². The van der Waals surface area contributed by atoms with Gasteiger partial charge in [-0.15, -0.1) is 0 Å².